The van der Waals surface area contributed by atoms with Crippen LogP contribution in [0.25, 0.3) is 0 Å². The summed E-state index contributed by atoms with van der Waals surface area (Å²) in [4.78, 5) is 17.6. The van der Waals surface area contributed by atoms with Gasteiger partial charge in [-0.05, 0) is 6.92 Å². The van der Waals surface area contributed by atoms with Crippen molar-refractivity contribution in [3.05, 3.63) is 0 Å². The van der Waals surface area contributed by atoms with Crippen molar-refractivity contribution < 1.29 is 4.79 Å². The standard InChI is InChI=1S/C8H13N3O/c1-5-6-4-11(8(9)10-5)3-2-7(6)12/h5-6H,2-4H2,1H3,(H2,9,10). The van der Waals surface area contributed by atoms with E-state index in [1.807, 2.05) is 11.8 Å². The van der Waals surface area contributed by atoms with E-state index in [0.717, 1.165) is 13.1 Å². The lowest BCUT2D eigenvalue weighted by Crippen LogP contribution is -2.54. The highest BCUT2D eigenvalue weighted by Crippen LogP contribution is 2.22. The number of nitrogens with two attached hydrogens (primary N) is 1. The number of hydrogen-bond acceptors (Lipinski definition) is 4. The Hall–Kier alpha value is -1.06. The summed E-state index contributed by atoms with van der Waals surface area (Å²) in [6.07, 6.45) is 0.630. The molecule has 0 radical (unpaired) electrons. The molecule has 0 aromatic rings. The van der Waals surface area contributed by atoms with Crippen LogP contribution in [0.4, 0.5) is 0 Å². The molecule has 2 unspecified atom stereocenters. The largest absolute Gasteiger partial charge is 0.370 e. The van der Waals surface area contributed by atoms with Gasteiger partial charge in [0.15, 0.2) is 5.96 Å². The van der Waals surface area contributed by atoms with Gasteiger partial charge in [0.2, 0.25) is 0 Å². The molecule has 1 saturated heterocycles. The molecular weight excluding hydrogens is 154 g/mol. The summed E-state index contributed by atoms with van der Waals surface area (Å²) < 4.78 is 0. The predicted molar refractivity (Wildman–Crippen MR) is 45.8 cm³/mol. The lowest BCUT2D eigenvalue weighted by Gasteiger charge is -2.38. The van der Waals surface area contributed by atoms with E-state index >= 15 is 0 Å². The van der Waals surface area contributed by atoms with Gasteiger partial charge in [0.25, 0.3) is 0 Å². The zero-order valence-corrected chi connectivity index (χ0v) is 7.16. The van der Waals surface area contributed by atoms with Crippen molar-refractivity contribution in [2.24, 2.45) is 16.6 Å². The molecule has 1 fully saturated rings. The molecule has 2 aliphatic heterocycles. The number of guanidine groups is 1. The minimum Gasteiger partial charge on any atom is -0.370 e. The zero-order valence-electron chi connectivity index (χ0n) is 7.16. The molecular formula is C8H13N3O. The zero-order chi connectivity index (χ0) is 8.72. The summed E-state index contributed by atoms with van der Waals surface area (Å²) >= 11 is 0. The molecule has 0 aliphatic carbocycles. The van der Waals surface area contributed by atoms with E-state index < -0.39 is 0 Å². The number of aliphatic imine (C=N–C) groups is 1. The van der Waals surface area contributed by atoms with Gasteiger partial charge in [0.05, 0.1) is 12.0 Å². The van der Waals surface area contributed by atoms with Gasteiger partial charge in [-0.2, -0.15) is 0 Å². The average molecular weight is 167 g/mol. The smallest absolute Gasteiger partial charge is 0.191 e. The Labute approximate surface area is 71.4 Å². The molecule has 12 heavy (non-hydrogen) atoms. The molecule has 0 saturated carbocycles. The van der Waals surface area contributed by atoms with E-state index in [0.29, 0.717) is 18.2 Å². The molecule has 0 aromatic carbocycles. The molecule has 2 rings (SSSR count). The molecule has 2 N–H and O–H groups in total. The maximum atomic E-state index is 11.4. The van der Waals surface area contributed by atoms with Crippen molar-refractivity contribution in [2.45, 2.75) is 19.4 Å². The summed E-state index contributed by atoms with van der Waals surface area (Å²) in [7, 11) is 0. The molecule has 66 valence electrons. The second kappa shape index (κ2) is 2.47. The number of hydrogen-bond donors (Lipinski definition) is 1. The highest BCUT2D eigenvalue weighted by atomic mass is 16.1. The van der Waals surface area contributed by atoms with Crippen molar-refractivity contribution in [3.8, 4) is 0 Å². The lowest BCUT2D eigenvalue weighted by atomic mass is 9.89. The first kappa shape index (κ1) is 7.58. The van der Waals surface area contributed by atoms with Gasteiger partial charge in [-0.1, -0.05) is 0 Å². The topological polar surface area (TPSA) is 58.7 Å². The number of ketones is 1. The van der Waals surface area contributed by atoms with Crippen LogP contribution >= 0.6 is 0 Å². The third-order valence-corrected chi connectivity index (χ3v) is 2.70. The van der Waals surface area contributed by atoms with Crippen molar-refractivity contribution in [2.75, 3.05) is 13.1 Å². The van der Waals surface area contributed by atoms with E-state index in [1.165, 1.54) is 0 Å². The molecule has 4 heteroatoms. The van der Waals surface area contributed by atoms with Crippen molar-refractivity contribution in [1.29, 1.82) is 0 Å². The molecule has 2 atom stereocenters. The maximum absolute atomic E-state index is 11.4. The minimum absolute atomic E-state index is 0.0778. The van der Waals surface area contributed by atoms with Crippen LogP contribution in [0.2, 0.25) is 0 Å². The van der Waals surface area contributed by atoms with Gasteiger partial charge in [0.1, 0.15) is 5.78 Å². The summed E-state index contributed by atoms with van der Waals surface area (Å²) in [5.41, 5.74) is 5.69. The number of nitrogens with zero attached hydrogens (tertiary/aromatic N) is 2. The van der Waals surface area contributed by atoms with Gasteiger partial charge >= 0.3 is 0 Å². The molecule has 0 aromatic heterocycles. The van der Waals surface area contributed by atoms with E-state index in [2.05, 4.69) is 4.99 Å². The van der Waals surface area contributed by atoms with Crippen LogP contribution < -0.4 is 5.73 Å². The van der Waals surface area contributed by atoms with Crippen LogP contribution in [0, 0.1) is 5.92 Å². The van der Waals surface area contributed by atoms with Crippen molar-refractivity contribution in [1.82, 2.24) is 4.90 Å². The van der Waals surface area contributed by atoms with Gasteiger partial charge in [-0.25, -0.2) is 4.99 Å². The first-order valence-corrected chi connectivity index (χ1v) is 4.29. The Morgan fingerprint density at radius 3 is 3.17 bits per heavy atom. The number of piperidine rings is 1. The molecule has 2 bridgehead atoms. The average Bonchev–Trinajstić information content (AvgIpc) is 2.03. The number of fused-ring (bicyclic) bond motifs is 2. The number of carbonyl (C=O) groups excluding carboxylic acids is 1. The Morgan fingerprint density at radius 1 is 1.67 bits per heavy atom. The van der Waals surface area contributed by atoms with E-state index in [4.69, 9.17) is 5.73 Å². The first-order valence-electron chi connectivity index (χ1n) is 4.29. The van der Waals surface area contributed by atoms with Gasteiger partial charge in [-0.15, -0.1) is 0 Å². The summed E-state index contributed by atoms with van der Waals surface area (Å²) in [5, 5.41) is 0. The van der Waals surface area contributed by atoms with Crippen LogP contribution in [-0.4, -0.2) is 35.8 Å². The van der Waals surface area contributed by atoms with Crippen molar-refractivity contribution in [3.63, 3.8) is 0 Å². The van der Waals surface area contributed by atoms with Gasteiger partial charge < -0.3 is 10.6 Å². The van der Waals surface area contributed by atoms with E-state index in [1.54, 1.807) is 0 Å². The van der Waals surface area contributed by atoms with Crippen molar-refractivity contribution >= 4 is 11.7 Å². The lowest BCUT2D eigenvalue weighted by molar-refractivity contribution is -0.126. The first-order chi connectivity index (χ1) is 5.68. The molecule has 0 amide bonds. The molecule has 4 nitrogen and oxygen atoms in total. The van der Waals surface area contributed by atoms with Crippen LogP contribution in [0.15, 0.2) is 4.99 Å². The molecule has 2 heterocycles. The normalized spacial score (nSPS) is 34.9. The van der Waals surface area contributed by atoms with Crippen LogP contribution in [0.1, 0.15) is 13.3 Å². The van der Waals surface area contributed by atoms with Crippen LogP contribution in [0.3, 0.4) is 0 Å². The fourth-order valence-corrected chi connectivity index (χ4v) is 1.87. The number of rotatable bonds is 0. The highest BCUT2D eigenvalue weighted by Gasteiger charge is 2.35. The summed E-state index contributed by atoms with van der Waals surface area (Å²) in [6, 6.07) is 0.0778. The van der Waals surface area contributed by atoms with E-state index in [9.17, 15) is 4.79 Å². The third-order valence-electron chi connectivity index (χ3n) is 2.70. The molecule has 2 aliphatic rings. The van der Waals surface area contributed by atoms with Gasteiger partial charge in [0, 0.05) is 19.5 Å². The Balaban J connectivity index is 2.28. The Bertz CT molecular complexity index is 249. The van der Waals surface area contributed by atoms with Gasteiger partial charge in [-0.3, -0.25) is 4.79 Å². The maximum Gasteiger partial charge on any atom is 0.191 e. The number of carbonyl (C=O) groups is 1. The summed E-state index contributed by atoms with van der Waals surface area (Å²) in [6.45, 7) is 3.48. The number of Topliss-reactive ketones (excluding diaryl/α,β-unsaturated/α-hetero) is 1. The van der Waals surface area contributed by atoms with Crippen LogP contribution in [-0.2, 0) is 4.79 Å². The fraction of sp³-hybridized carbons (Fsp3) is 0.750. The quantitative estimate of drug-likeness (QED) is 0.533. The minimum atomic E-state index is 0.0778. The SMILES string of the molecule is CC1N=C(N)N2CCC(=O)C1C2. The fourth-order valence-electron chi connectivity index (χ4n) is 1.87. The third kappa shape index (κ3) is 0.983. The van der Waals surface area contributed by atoms with Crippen LogP contribution in [0.5, 0.6) is 0 Å². The second-order valence-corrected chi connectivity index (χ2v) is 3.50. The van der Waals surface area contributed by atoms with E-state index in [-0.39, 0.29) is 12.0 Å². The monoisotopic (exact) mass is 167 g/mol. The molecule has 0 spiro atoms. The highest BCUT2D eigenvalue weighted by molar-refractivity contribution is 5.88. The summed E-state index contributed by atoms with van der Waals surface area (Å²) in [5.74, 6) is 1.03. The predicted octanol–water partition coefficient (Wildman–Crippen LogP) is -0.406. The Morgan fingerprint density at radius 2 is 2.42 bits per heavy atom. The second-order valence-electron chi connectivity index (χ2n) is 3.50. The Kier molecular flexibility index (Phi) is 1.56.